The first-order valence-electron chi connectivity index (χ1n) is 10.0. The minimum absolute atomic E-state index is 0.0642. The number of para-hydroxylation sites is 1. The number of quaternary nitrogens is 1. The van der Waals surface area contributed by atoms with Gasteiger partial charge in [0.15, 0.2) is 6.54 Å². The van der Waals surface area contributed by atoms with E-state index in [1.165, 1.54) is 15.6 Å². The lowest BCUT2D eigenvalue weighted by molar-refractivity contribution is -0.895. The van der Waals surface area contributed by atoms with Crippen LogP contribution in [0.2, 0.25) is 0 Å². The maximum absolute atomic E-state index is 12.7. The molecule has 0 atom stereocenters. The summed E-state index contributed by atoms with van der Waals surface area (Å²) in [6.45, 7) is 2.38. The Morgan fingerprint density at radius 2 is 1.71 bits per heavy atom. The number of sulfonamides is 1. The van der Waals surface area contributed by atoms with Gasteiger partial charge >= 0.3 is 0 Å². The van der Waals surface area contributed by atoms with Gasteiger partial charge in [-0.2, -0.15) is 4.31 Å². The highest BCUT2D eigenvalue weighted by molar-refractivity contribution is 7.99. The summed E-state index contributed by atoms with van der Waals surface area (Å²) < 4.78 is 27.2. The Balaban J connectivity index is 1.32. The topological polar surface area (TPSA) is 70.9 Å². The van der Waals surface area contributed by atoms with Gasteiger partial charge in [0.2, 0.25) is 0 Å². The van der Waals surface area contributed by atoms with Crippen molar-refractivity contribution in [3.63, 3.8) is 0 Å². The maximum Gasteiger partial charge on any atom is 0.279 e. The summed E-state index contributed by atoms with van der Waals surface area (Å²) in [7, 11) is -3.42. The molecule has 1 aromatic heterocycles. The molecule has 1 amide bonds. The van der Waals surface area contributed by atoms with Gasteiger partial charge in [-0.05, 0) is 35.7 Å². The molecule has 0 aliphatic carbocycles. The number of piperazine rings is 1. The van der Waals surface area contributed by atoms with Gasteiger partial charge in [-0.15, -0.1) is 11.3 Å². The lowest BCUT2D eigenvalue weighted by atomic mass is 10.3. The third-order valence-electron chi connectivity index (χ3n) is 5.06. The van der Waals surface area contributed by atoms with E-state index in [4.69, 9.17) is 0 Å². The van der Waals surface area contributed by atoms with E-state index in [0.29, 0.717) is 36.9 Å². The zero-order valence-corrected chi connectivity index (χ0v) is 19.3. The van der Waals surface area contributed by atoms with Crippen molar-refractivity contribution in [2.75, 3.05) is 38.0 Å². The fourth-order valence-corrected chi connectivity index (χ4v) is 6.96. The Labute approximate surface area is 190 Å². The number of hydrogen-bond donors (Lipinski definition) is 2. The Hall–Kier alpha value is -2.17. The second-order valence-corrected chi connectivity index (χ2v) is 11.5. The van der Waals surface area contributed by atoms with Crippen molar-refractivity contribution in [3.05, 3.63) is 72.1 Å². The predicted octanol–water partition coefficient (Wildman–Crippen LogP) is 2.43. The second-order valence-electron chi connectivity index (χ2n) is 7.22. The minimum atomic E-state index is -3.42. The molecule has 2 aromatic carbocycles. The zero-order valence-electron chi connectivity index (χ0n) is 16.9. The van der Waals surface area contributed by atoms with E-state index in [9.17, 15) is 13.2 Å². The highest BCUT2D eigenvalue weighted by Gasteiger charge is 2.31. The number of benzene rings is 2. The average Bonchev–Trinajstić information content (AvgIpc) is 3.32. The molecule has 3 aromatic rings. The van der Waals surface area contributed by atoms with Crippen LogP contribution in [0.4, 0.5) is 5.69 Å². The lowest BCUT2D eigenvalue weighted by Crippen LogP contribution is -3.15. The SMILES string of the molecule is O=C(C[NH+]1CCN(S(=O)(=O)c2cccs2)CC1)Nc1ccccc1Sc1ccccc1. The number of carbonyl (C=O) groups is 1. The van der Waals surface area contributed by atoms with Crippen LogP contribution in [0.1, 0.15) is 0 Å². The molecule has 31 heavy (non-hydrogen) atoms. The molecule has 0 bridgehead atoms. The Morgan fingerprint density at radius 3 is 2.42 bits per heavy atom. The molecule has 6 nitrogen and oxygen atoms in total. The van der Waals surface area contributed by atoms with Gasteiger partial charge in [0.1, 0.15) is 4.21 Å². The van der Waals surface area contributed by atoms with Crippen molar-refractivity contribution < 1.29 is 18.1 Å². The molecule has 0 saturated carbocycles. The number of carbonyl (C=O) groups excluding carboxylic acids is 1. The standard InChI is InChI=1S/C22H23N3O3S3/c26-21(23-19-9-4-5-10-20(19)30-18-7-2-1-3-8-18)17-24-12-14-25(15-13-24)31(27,28)22-11-6-16-29-22/h1-11,16H,12-15,17H2,(H,23,26)/p+1. The first kappa shape index (κ1) is 22.0. The Bertz CT molecular complexity index is 1110. The summed E-state index contributed by atoms with van der Waals surface area (Å²) in [6, 6.07) is 21.2. The van der Waals surface area contributed by atoms with E-state index in [1.54, 1.807) is 29.3 Å². The number of hydrogen-bond acceptors (Lipinski definition) is 5. The first-order valence-corrected chi connectivity index (χ1v) is 13.1. The molecule has 1 aliphatic heterocycles. The van der Waals surface area contributed by atoms with Gasteiger partial charge in [0.25, 0.3) is 15.9 Å². The van der Waals surface area contributed by atoms with Crippen LogP contribution in [0.15, 0.2) is 86.1 Å². The van der Waals surface area contributed by atoms with E-state index >= 15 is 0 Å². The van der Waals surface area contributed by atoms with Crippen molar-refractivity contribution in [2.45, 2.75) is 14.0 Å². The zero-order chi connectivity index (χ0) is 21.7. The highest BCUT2D eigenvalue weighted by atomic mass is 32.2. The van der Waals surface area contributed by atoms with Crippen LogP contribution in [-0.2, 0) is 14.8 Å². The summed E-state index contributed by atoms with van der Waals surface area (Å²) in [5.41, 5.74) is 0.791. The fraction of sp³-hybridized carbons (Fsp3) is 0.227. The van der Waals surface area contributed by atoms with Crippen LogP contribution in [0.3, 0.4) is 0 Å². The molecule has 162 valence electrons. The van der Waals surface area contributed by atoms with E-state index < -0.39 is 10.0 Å². The molecular formula is C22H24N3O3S3+. The van der Waals surface area contributed by atoms with Crippen molar-refractivity contribution in [2.24, 2.45) is 0 Å². The molecule has 1 aliphatic rings. The summed E-state index contributed by atoms with van der Waals surface area (Å²) >= 11 is 2.85. The minimum Gasteiger partial charge on any atom is -0.325 e. The van der Waals surface area contributed by atoms with Gasteiger partial charge in [0, 0.05) is 9.79 Å². The Morgan fingerprint density at radius 1 is 1.00 bits per heavy atom. The molecule has 4 rings (SSSR count). The molecule has 9 heteroatoms. The summed E-state index contributed by atoms with van der Waals surface area (Å²) in [4.78, 5) is 15.9. The van der Waals surface area contributed by atoms with E-state index in [0.717, 1.165) is 20.4 Å². The van der Waals surface area contributed by atoms with Crippen LogP contribution in [0, 0.1) is 0 Å². The van der Waals surface area contributed by atoms with Crippen LogP contribution in [0.5, 0.6) is 0 Å². The summed E-state index contributed by atoms with van der Waals surface area (Å²) in [5, 5.41) is 4.80. The number of nitrogens with one attached hydrogen (secondary N) is 2. The molecule has 0 spiro atoms. The van der Waals surface area contributed by atoms with Crippen LogP contribution < -0.4 is 10.2 Å². The van der Waals surface area contributed by atoms with Crippen molar-refractivity contribution in [1.29, 1.82) is 0 Å². The predicted molar refractivity (Wildman–Crippen MR) is 124 cm³/mol. The normalized spacial score (nSPS) is 15.6. The highest BCUT2D eigenvalue weighted by Crippen LogP contribution is 2.33. The fourth-order valence-electron chi connectivity index (χ4n) is 3.45. The van der Waals surface area contributed by atoms with Gasteiger partial charge in [-0.3, -0.25) is 4.79 Å². The molecule has 1 saturated heterocycles. The number of rotatable bonds is 7. The van der Waals surface area contributed by atoms with Crippen LogP contribution >= 0.6 is 23.1 Å². The number of anilines is 1. The summed E-state index contributed by atoms with van der Waals surface area (Å²) in [6.07, 6.45) is 0. The average molecular weight is 475 g/mol. The molecular weight excluding hydrogens is 450 g/mol. The third-order valence-corrected chi connectivity index (χ3v) is 9.42. The van der Waals surface area contributed by atoms with Gasteiger partial charge in [0.05, 0.1) is 31.9 Å². The van der Waals surface area contributed by atoms with Crippen LogP contribution in [-0.4, -0.2) is 51.4 Å². The molecule has 2 N–H and O–H groups in total. The van der Waals surface area contributed by atoms with Crippen molar-refractivity contribution in [3.8, 4) is 0 Å². The first-order chi connectivity index (χ1) is 15.0. The quantitative estimate of drug-likeness (QED) is 0.552. The van der Waals surface area contributed by atoms with Gasteiger partial charge in [-0.25, -0.2) is 8.42 Å². The molecule has 0 unspecified atom stereocenters. The number of nitrogens with zero attached hydrogens (tertiary/aromatic N) is 1. The van der Waals surface area contributed by atoms with Gasteiger partial charge < -0.3 is 10.2 Å². The second kappa shape index (κ2) is 9.97. The molecule has 0 radical (unpaired) electrons. The number of thiophene rings is 1. The van der Waals surface area contributed by atoms with Crippen molar-refractivity contribution >= 4 is 44.7 Å². The monoisotopic (exact) mass is 474 g/mol. The largest absolute Gasteiger partial charge is 0.325 e. The van der Waals surface area contributed by atoms with E-state index in [-0.39, 0.29) is 5.91 Å². The van der Waals surface area contributed by atoms with Gasteiger partial charge in [-0.1, -0.05) is 48.2 Å². The van der Waals surface area contributed by atoms with E-state index in [1.807, 2.05) is 54.6 Å². The smallest absolute Gasteiger partial charge is 0.279 e. The third kappa shape index (κ3) is 5.55. The molecule has 1 fully saturated rings. The number of amides is 1. The lowest BCUT2D eigenvalue weighted by Gasteiger charge is -2.30. The molecule has 2 heterocycles. The van der Waals surface area contributed by atoms with Crippen LogP contribution in [0.25, 0.3) is 0 Å². The maximum atomic E-state index is 12.7. The van der Waals surface area contributed by atoms with Crippen molar-refractivity contribution in [1.82, 2.24) is 4.31 Å². The van der Waals surface area contributed by atoms with E-state index in [2.05, 4.69) is 5.32 Å². The Kier molecular flexibility index (Phi) is 7.09. The summed E-state index contributed by atoms with van der Waals surface area (Å²) in [5.74, 6) is -0.0642.